The monoisotopic (exact) mass is 387 g/mol. The molecule has 1 saturated heterocycles. The SMILES string of the molecule is Cc1ccc(NC(=S)N(CCN2CCOCC2)C[C@H]2CC=CCC2)c(C)c1. The Hall–Kier alpha value is -1.43. The maximum absolute atomic E-state index is 5.84. The van der Waals surface area contributed by atoms with Gasteiger partial charge in [0.1, 0.15) is 0 Å². The van der Waals surface area contributed by atoms with E-state index in [4.69, 9.17) is 17.0 Å². The first-order chi connectivity index (χ1) is 13.1. The molecular formula is C22H33N3OS. The quantitative estimate of drug-likeness (QED) is 0.588. The van der Waals surface area contributed by atoms with Gasteiger partial charge < -0.3 is 15.0 Å². The fourth-order valence-corrected chi connectivity index (χ4v) is 4.12. The number of allylic oxidation sites excluding steroid dienone is 2. The number of thiocarbonyl (C=S) groups is 1. The minimum Gasteiger partial charge on any atom is -0.379 e. The van der Waals surface area contributed by atoms with Crippen molar-refractivity contribution in [2.24, 2.45) is 5.92 Å². The van der Waals surface area contributed by atoms with E-state index in [1.165, 1.54) is 30.4 Å². The van der Waals surface area contributed by atoms with Gasteiger partial charge in [0.05, 0.1) is 13.2 Å². The summed E-state index contributed by atoms with van der Waals surface area (Å²) in [5, 5.41) is 4.36. The van der Waals surface area contributed by atoms with E-state index >= 15 is 0 Å². The van der Waals surface area contributed by atoms with E-state index in [-0.39, 0.29) is 0 Å². The lowest BCUT2D eigenvalue weighted by Crippen LogP contribution is -2.45. The van der Waals surface area contributed by atoms with Crippen LogP contribution in [-0.4, -0.2) is 60.8 Å². The molecule has 1 N–H and O–H groups in total. The van der Waals surface area contributed by atoms with Crippen LogP contribution < -0.4 is 5.32 Å². The fraction of sp³-hybridized carbons (Fsp3) is 0.591. The van der Waals surface area contributed by atoms with Crippen LogP contribution in [-0.2, 0) is 4.74 Å². The molecule has 0 amide bonds. The van der Waals surface area contributed by atoms with Gasteiger partial charge in [-0.25, -0.2) is 0 Å². The molecule has 1 fully saturated rings. The predicted octanol–water partition coefficient (Wildman–Crippen LogP) is 3.99. The summed E-state index contributed by atoms with van der Waals surface area (Å²) < 4.78 is 5.48. The minimum atomic E-state index is 0.693. The van der Waals surface area contributed by atoms with Gasteiger partial charge in [-0.15, -0.1) is 0 Å². The Balaban J connectivity index is 1.62. The topological polar surface area (TPSA) is 27.7 Å². The van der Waals surface area contributed by atoms with Gasteiger partial charge in [-0.2, -0.15) is 0 Å². The van der Waals surface area contributed by atoms with Crippen molar-refractivity contribution in [3.63, 3.8) is 0 Å². The number of nitrogens with zero attached hydrogens (tertiary/aromatic N) is 2. The third-order valence-corrected chi connectivity index (χ3v) is 5.92. The highest BCUT2D eigenvalue weighted by Gasteiger charge is 2.19. The highest BCUT2D eigenvalue weighted by molar-refractivity contribution is 7.80. The van der Waals surface area contributed by atoms with Gasteiger partial charge in [0, 0.05) is 38.4 Å². The number of hydrogen-bond donors (Lipinski definition) is 1. The zero-order valence-corrected chi connectivity index (χ0v) is 17.6. The summed E-state index contributed by atoms with van der Waals surface area (Å²) in [6, 6.07) is 6.48. The summed E-state index contributed by atoms with van der Waals surface area (Å²) in [5.41, 5.74) is 3.64. The Kier molecular flexibility index (Phi) is 7.68. The molecule has 1 aliphatic heterocycles. The number of ether oxygens (including phenoxy) is 1. The number of nitrogens with one attached hydrogen (secondary N) is 1. The molecule has 4 nitrogen and oxygen atoms in total. The number of benzene rings is 1. The van der Waals surface area contributed by atoms with Gasteiger partial charge in [0.15, 0.2) is 5.11 Å². The van der Waals surface area contributed by atoms with Crippen LogP contribution in [0.15, 0.2) is 30.4 Å². The molecule has 0 spiro atoms. The van der Waals surface area contributed by atoms with Gasteiger partial charge in [-0.1, -0.05) is 29.8 Å². The lowest BCUT2D eigenvalue weighted by molar-refractivity contribution is 0.0356. The average molecular weight is 388 g/mol. The number of aryl methyl sites for hydroxylation is 2. The molecule has 0 unspecified atom stereocenters. The van der Waals surface area contributed by atoms with Crippen LogP contribution >= 0.6 is 12.2 Å². The first kappa shape index (κ1) is 20.3. The smallest absolute Gasteiger partial charge is 0.173 e. The molecule has 148 valence electrons. The first-order valence-corrected chi connectivity index (χ1v) is 10.6. The van der Waals surface area contributed by atoms with Gasteiger partial charge in [-0.3, -0.25) is 4.90 Å². The summed E-state index contributed by atoms with van der Waals surface area (Å²) in [6.07, 6.45) is 8.26. The van der Waals surface area contributed by atoms with Crippen LogP contribution in [0.1, 0.15) is 30.4 Å². The van der Waals surface area contributed by atoms with Crippen molar-refractivity contribution in [2.75, 3.05) is 51.3 Å². The molecule has 1 aliphatic carbocycles. The maximum Gasteiger partial charge on any atom is 0.173 e. The molecule has 3 rings (SSSR count). The second-order valence-electron chi connectivity index (χ2n) is 7.80. The average Bonchev–Trinajstić information content (AvgIpc) is 2.69. The molecule has 0 saturated carbocycles. The largest absolute Gasteiger partial charge is 0.379 e. The van der Waals surface area contributed by atoms with Crippen LogP contribution in [0.25, 0.3) is 0 Å². The Morgan fingerprint density at radius 2 is 2.07 bits per heavy atom. The second kappa shape index (κ2) is 10.2. The van der Waals surface area contributed by atoms with E-state index in [0.717, 1.165) is 56.7 Å². The summed E-state index contributed by atoms with van der Waals surface area (Å²) in [6.45, 7) is 11.1. The van der Waals surface area contributed by atoms with Crippen molar-refractivity contribution in [3.8, 4) is 0 Å². The number of anilines is 1. The van der Waals surface area contributed by atoms with E-state index in [2.05, 4.69) is 59.3 Å². The third-order valence-electron chi connectivity index (χ3n) is 5.56. The van der Waals surface area contributed by atoms with Crippen LogP contribution in [0.4, 0.5) is 5.69 Å². The van der Waals surface area contributed by atoms with Gasteiger partial charge in [0.2, 0.25) is 0 Å². The fourth-order valence-electron chi connectivity index (χ4n) is 3.84. The molecule has 0 radical (unpaired) electrons. The number of rotatable bonds is 6. The third kappa shape index (κ3) is 6.30. The summed E-state index contributed by atoms with van der Waals surface area (Å²) in [7, 11) is 0. The van der Waals surface area contributed by atoms with Crippen molar-refractivity contribution >= 4 is 23.0 Å². The number of morpholine rings is 1. The molecule has 1 atom stereocenters. The lowest BCUT2D eigenvalue weighted by Gasteiger charge is -2.34. The van der Waals surface area contributed by atoms with Gasteiger partial charge in [0.25, 0.3) is 0 Å². The zero-order chi connectivity index (χ0) is 19.1. The normalized spacial score (nSPS) is 20.4. The molecule has 27 heavy (non-hydrogen) atoms. The Morgan fingerprint density at radius 1 is 1.26 bits per heavy atom. The first-order valence-electron chi connectivity index (χ1n) is 10.2. The van der Waals surface area contributed by atoms with Gasteiger partial charge >= 0.3 is 0 Å². The second-order valence-corrected chi connectivity index (χ2v) is 8.19. The number of hydrogen-bond acceptors (Lipinski definition) is 3. The van der Waals surface area contributed by atoms with Crippen LogP contribution in [0.2, 0.25) is 0 Å². The highest BCUT2D eigenvalue weighted by Crippen LogP contribution is 2.21. The van der Waals surface area contributed by atoms with E-state index in [0.29, 0.717) is 5.92 Å². The highest BCUT2D eigenvalue weighted by atomic mass is 32.1. The van der Waals surface area contributed by atoms with Crippen LogP contribution in [0, 0.1) is 19.8 Å². The van der Waals surface area contributed by atoms with E-state index in [1.807, 2.05) is 0 Å². The molecule has 0 bridgehead atoms. The molecule has 0 aromatic heterocycles. The van der Waals surface area contributed by atoms with Gasteiger partial charge in [-0.05, 0) is 62.9 Å². The Morgan fingerprint density at radius 3 is 2.78 bits per heavy atom. The molecule has 1 aromatic rings. The zero-order valence-electron chi connectivity index (χ0n) is 16.7. The van der Waals surface area contributed by atoms with Crippen LogP contribution in [0.5, 0.6) is 0 Å². The molecular weight excluding hydrogens is 354 g/mol. The Bertz CT molecular complexity index is 655. The van der Waals surface area contributed by atoms with E-state index < -0.39 is 0 Å². The van der Waals surface area contributed by atoms with Crippen molar-refractivity contribution in [3.05, 3.63) is 41.5 Å². The summed E-state index contributed by atoms with van der Waals surface area (Å²) in [4.78, 5) is 4.87. The predicted molar refractivity (Wildman–Crippen MR) is 117 cm³/mol. The molecule has 5 heteroatoms. The molecule has 1 heterocycles. The lowest BCUT2D eigenvalue weighted by atomic mass is 9.94. The minimum absolute atomic E-state index is 0.693. The van der Waals surface area contributed by atoms with E-state index in [9.17, 15) is 0 Å². The molecule has 1 aromatic carbocycles. The van der Waals surface area contributed by atoms with Crippen molar-refractivity contribution in [2.45, 2.75) is 33.1 Å². The van der Waals surface area contributed by atoms with Crippen LogP contribution in [0.3, 0.4) is 0 Å². The van der Waals surface area contributed by atoms with Crippen molar-refractivity contribution in [1.82, 2.24) is 9.80 Å². The molecule has 2 aliphatic rings. The summed E-state index contributed by atoms with van der Waals surface area (Å²) in [5.74, 6) is 0.693. The maximum atomic E-state index is 5.84. The summed E-state index contributed by atoms with van der Waals surface area (Å²) >= 11 is 5.84. The standard InChI is InChI=1S/C22H33N3OS/c1-18-8-9-21(19(2)16-18)23-22(27)25(17-20-6-4-3-5-7-20)11-10-24-12-14-26-15-13-24/h3-4,8-9,16,20H,5-7,10-15,17H2,1-2H3,(H,23,27)/t20-/m0/s1. The van der Waals surface area contributed by atoms with Crippen molar-refractivity contribution < 1.29 is 4.74 Å². The van der Waals surface area contributed by atoms with E-state index in [1.54, 1.807) is 0 Å². The Labute approximate surface area is 169 Å². The van der Waals surface area contributed by atoms with Crippen molar-refractivity contribution in [1.29, 1.82) is 0 Å².